The summed E-state index contributed by atoms with van der Waals surface area (Å²) in [7, 11) is 0. The molecule has 1 aromatic carbocycles. The lowest BCUT2D eigenvalue weighted by molar-refractivity contribution is 0.172. The van der Waals surface area contributed by atoms with Gasteiger partial charge in [0, 0.05) is 29.4 Å². The van der Waals surface area contributed by atoms with Gasteiger partial charge in [-0.05, 0) is 32.0 Å². The van der Waals surface area contributed by atoms with E-state index in [1.165, 1.54) is 0 Å². The molecule has 6 nitrogen and oxygen atoms in total. The number of H-pyrrole nitrogens is 1. The van der Waals surface area contributed by atoms with Crippen molar-refractivity contribution in [3.05, 3.63) is 36.5 Å². The Morgan fingerprint density at radius 2 is 2.00 bits per heavy atom. The molecule has 1 aliphatic heterocycles. The van der Waals surface area contributed by atoms with Crippen LogP contribution in [0.25, 0.3) is 11.0 Å². The van der Waals surface area contributed by atoms with Crippen molar-refractivity contribution in [2.75, 3.05) is 23.8 Å². The van der Waals surface area contributed by atoms with E-state index >= 15 is 0 Å². The fourth-order valence-electron chi connectivity index (χ4n) is 2.84. The van der Waals surface area contributed by atoms with Crippen molar-refractivity contribution < 1.29 is 9.47 Å². The third kappa shape index (κ3) is 2.71. The van der Waals surface area contributed by atoms with Gasteiger partial charge in [-0.1, -0.05) is 6.07 Å². The summed E-state index contributed by atoms with van der Waals surface area (Å²) in [6.45, 7) is 5.36. The first kappa shape index (κ1) is 14.7. The van der Waals surface area contributed by atoms with Crippen LogP contribution in [-0.4, -0.2) is 29.2 Å². The molecule has 0 saturated carbocycles. The standard InChI is InChI=1S/C18H20N4O2/c1-11(2)20-14-10-16(22-18-12(14)6-7-19-18)21-13-4-3-5-15-17(13)24-9-8-23-15/h3-7,10-11H,8-9H2,1-2H3,(H3,19,20,21,22). The lowest BCUT2D eigenvalue weighted by Gasteiger charge is -2.21. The van der Waals surface area contributed by atoms with Crippen molar-refractivity contribution >= 4 is 28.2 Å². The Bertz CT molecular complexity index is 873. The van der Waals surface area contributed by atoms with Gasteiger partial charge >= 0.3 is 0 Å². The van der Waals surface area contributed by atoms with Crippen LogP contribution in [0.15, 0.2) is 36.5 Å². The second kappa shape index (κ2) is 5.96. The van der Waals surface area contributed by atoms with Crippen LogP contribution in [-0.2, 0) is 0 Å². The molecular weight excluding hydrogens is 304 g/mol. The van der Waals surface area contributed by atoms with Crippen molar-refractivity contribution in [1.82, 2.24) is 9.97 Å². The number of ether oxygens (including phenoxy) is 2. The topological polar surface area (TPSA) is 71.2 Å². The van der Waals surface area contributed by atoms with E-state index in [1.807, 2.05) is 36.5 Å². The molecule has 0 amide bonds. The first-order valence-corrected chi connectivity index (χ1v) is 8.11. The fraction of sp³-hybridized carbons (Fsp3) is 0.278. The van der Waals surface area contributed by atoms with Crippen molar-refractivity contribution in [2.24, 2.45) is 0 Å². The second-order valence-corrected chi connectivity index (χ2v) is 6.05. The van der Waals surface area contributed by atoms with E-state index in [1.54, 1.807) is 0 Å². The number of fused-ring (bicyclic) bond motifs is 2. The average Bonchev–Trinajstić information content (AvgIpc) is 3.03. The van der Waals surface area contributed by atoms with E-state index < -0.39 is 0 Å². The highest BCUT2D eigenvalue weighted by atomic mass is 16.6. The number of aromatic amines is 1. The average molecular weight is 324 g/mol. The number of pyridine rings is 1. The van der Waals surface area contributed by atoms with Gasteiger partial charge in [0.25, 0.3) is 0 Å². The Balaban J connectivity index is 1.72. The predicted molar refractivity (Wildman–Crippen MR) is 95.6 cm³/mol. The lowest BCUT2D eigenvalue weighted by Crippen LogP contribution is -2.16. The summed E-state index contributed by atoms with van der Waals surface area (Å²) in [4.78, 5) is 7.82. The third-order valence-corrected chi connectivity index (χ3v) is 3.80. The molecule has 24 heavy (non-hydrogen) atoms. The van der Waals surface area contributed by atoms with Gasteiger partial charge in [0.15, 0.2) is 11.5 Å². The summed E-state index contributed by atoms with van der Waals surface area (Å²) < 4.78 is 11.4. The Morgan fingerprint density at radius 1 is 1.12 bits per heavy atom. The first-order valence-electron chi connectivity index (χ1n) is 8.11. The summed E-state index contributed by atoms with van der Waals surface area (Å²) >= 11 is 0. The van der Waals surface area contributed by atoms with Gasteiger partial charge in [-0.15, -0.1) is 0 Å². The maximum Gasteiger partial charge on any atom is 0.184 e. The highest BCUT2D eigenvalue weighted by Crippen LogP contribution is 2.39. The fourth-order valence-corrected chi connectivity index (χ4v) is 2.84. The molecule has 124 valence electrons. The Kier molecular flexibility index (Phi) is 3.65. The van der Waals surface area contributed by atoms with Crippen LogP contribution in [0.5, 0.6) is 11.5 Å². The summed E-state index contributed by atoms with van der Waals surface area (Å²) in [5.41, 5.74) is 2.73. The number of para-hydroxylation sites is 1. The van der Waals surface area contributed by atoms with Crippen molar-refractivity contribution in [3.8, 4) is 11.5 Å². The molecule has 0 saturated heterocycles. The molecule has 0 atom stereocenters. The second-order valence-electron chi connectivity index (χ2n) is 6.05. The number of hydrogen-bond donors (Lipinski definition) is 3. The van der Waals surface area contributed by atoms with Gasteiger partial charge < -0.3 is 25.1 Å². The lowest BCUT2D eigenvalue weighted by atomic mass is 10.2. The Labute approximate surface area is 140 Å². The van der Waals surface area contributed by atoms with Gasteiger partial charge in [0.05, 0.1) is 5.69 Å². The van der Waals surface area contributed by atoms with Crippen LogP contribution in [0.2, 0.25) is 0 Å². The van der Waals surface area contributed by atoms with E-state index in [4.69, 9.17) is 9.47 Å². The molecule has 3 aromatic rings. The Hall–Kier alpha value is -2.89. The van der Waals surface area contributed by atoms with Crippen molar-refractivity contribution in [1.29, 1.82) is 0 Å². The van der Waals surface area contributed by atoms with E-state index in [2.05, 4.69) is 34.4 Å². The molecule has 0 unspecified atom stereocenters. The summed E-state index contributed by atoms with van der Waals surface area (Å²) in [6.07, 6.45) is 1.90. The van der Waals surface area contributed by atoms with E-state index in [9.17, 15) is 0 Å². The van der Waals surface area contributed by atoms with Gasteiger partial charge in [-0.3, -0.25) is 0 Å². The summed E-state index contributed by atoms with van der Waals surface area (Å²) in [6, 6.07) is 10.2. The first-order chi connectivity index (χ1) is 11.7. The quantitative estimate of drug-likeness (QED) is 0.679. The SMILES string of the molecule is CC(C)Nc1cc(Nc2cccc3c2OCCO3)nc2[nH]ccc12. The number of anilines is 3. The molecule has 0 spiro atoms. The number of hydrogen-bond acceptors (Lipinski definition) is 5. The predicted octanol–water partition coefficient (Wildman–Crippen LogP) is 3.90. The molecule has 0 radical (unpaired) electrons. The smallest absolute Gasteiger partial charge is 0.184 e. The van der Waals surface area contributed by atoms with Gasteiger partial charge in [-0.2, -0.15) is 0 Å². The molecule has 3 heterocycles. The van der Waals surface area contributed by atoms with Gasteiger partial charge in [-0.25, -0.2) is 4.98 Å². The number of nitrogens with one attached hydrogen (secondary N) is 3. The maximum atomic E-state index is 5.76. The zero-order valence-electron chi connectivity index (χ0n) is 13.7. The van der Waals surface area contributed by atoms with Crippen LogP contribution in [0.4, 0.5) is 17.2 Å². The van der Waals surface area contributed by atoms with Crippen LogP contribution in [0.3, 0.4) is 0 Å². The minimum absolute atomic E-state index is 0.333. The number of benzene rings is 1. The van der Waals surface area contributed by atoms with Crippen LogP contribution < -0.4 is 20.1 Å². The number of nitrogens with zero attached hydrogens (tertiary/aromatic N) is 1. The molecule has 0 fully saturated rings. The molecule has 4 rings (SSSR count). The zero-order valence-corrected chi connectivity index (χ0v) is 13.7. The molecule has 3 N–H and O–H groups in total. The van der Waals surface area contributed by atoms with Crippen LogP contribution in [0.1, 0.15) is 13.8 Å². The number of rotatable bonds is 4. The van der Waals surface area contributed by atoms with Gasteiger partial charge in [0.1, 0.15) is 24.7 Å². The normalized spacial score (nSPS) is 13.3. The molecule has 1 aliphatic rings. The van der Waals surface area contributed by atoms with Crippen molar-refractivity contribution in [2.45, 2.75) is 19.9 Å². The molecule has 6 heteroatoms. The van der Waals surface area contributed by atoms with Crippen LogP contribution >= 0.6 is 0 Å². The van der Waals surface area contributed by atoms with Gasteiger partial charge in [0.2, 0.25) is 0 Å². The zero-order chi connectivity index (χ0) is 16.5. The third-order valence-electron chi connectivity index (χ3n) is 3.80. The largest absolute Gasteiger partial charge is 0.486 e. The minimum atomic E-state index is 0.333. The highest BCUT2D eigenvalue weighted by Gasteiger charge is 2.16. The van der Waals surface area contributed by atoms with E-state index in [-0.39, 0.29) is 0 Å². The molecule has 2 aromatic heterocycles. The van der Waals surface area contributed by atoms with E-state index in [0.717, 1.165) is 39.7 Å². The van der Waals surface area contributed by atoms with Crippen LogP contribution in [0, 0.1) is 0 Å². The minimum Gasteiger partial charge on any atom is -0.486 e. The Morgan fingerprint density at radius 3 is 2.88 bits per heavy atom. The molecular formula is C18H20N4O2. The van der Waals surface area contributed by atoms with Crippen molar-refractivity contribution in [3.63, 3.8) is 0 Å². The summed E-state index contributed by atoms with van der Waals surface area (Å²) in [5, 5.41) is 7.89. The monoisotopic (exact) mass is 324 g/mol. The number of aromatic nitrogens is 2. The molecule has 0 aliphatic carbocycles. The van der Waals surface area contributed by atoms with E-state index in [0.29, 0.717) is 19.3 Å². The molecule has 0 bridgehead atoms. The highest BCUT2D eigenvalue weighted by molar-refractivity contribution is 5.92. The summed E-state index contributed by atoms with van der Waals surface area (Å²) in [5.74, 6) is 2.24. The maximum absolute atomic E-state index is 5.76.